The van der Waals surface area contributed by atoms with Crippen molar-refractivity contribution in [2.45, 2.75) is 31.9 Å². The van der Waals surface area contributed by atoms with E-state index in [0.717, 1.165) is 41.7 Å². The van der Waals surface area contributed by atoms with Gasteiger partial charge in [-0.2, -0.15) is 0 Å². The molecule has 15 heavy (non-hydrogen) atoms. The van der Waals surface area contributed by atoms with Crippen LogP contribution in [0, 0.1) is 5.92 Å². The van der Waals surface area contributed by atoms with Gasteiger partial charge in [0.25, 0.3) is 0 Å². The fourth-order valence-electron chi connectivity index (χ4n) is 1.99. The first-order valence-corrected chi connectivity index (χ1v) is 6.44. The van der Waals surface area contributed by atoms with E-state index in [9.17, 15) is 5.11 Å². The number of hydrogen-bond donors (Lipinski definition) is 2. The Labute approximate surface area is 98.5 Å². The Morgan fingerprint density at radius 1 is 1.60 bits per heavy atom. The molecule has 0 aromatic carbocycles. The minimum absolute atomic E-state index is 0.114. The molecule has 2 atom stereocenters. The van der Waals surface area contributed by atoms with Gasteiger partial charge in [0.2, 0.25) is 0 Å². The zero-order chi connectivity index (χ0) is 10.7. The highest BCUT2D eigenvalue weighted by Gasteiger charge is 2.24. The summed E-state index contributed by atoms with van der Waals surface area (Å²) in [5.41, 5.74) is 0. The van der Waals surface area contributed by atoms with E-state index in [1.165, 1.54) is 11.3 Å². The predicted molar refractivity (Wildman–Crippen MR) is 62.2 cm³/mol. The van der Waals surface area contributed by atoms with Gasteiger partial charge in [-0.1, -0.05) is 18.0 Å². The molecule has 0 bridgehead atoms. The lowest BCUT2D eigenvalue weighted by Crippen LogP contribution is -2.27. The normalized spacial score (nSPS) is 26.0. The summed E-state index contributed by atoms with van der Waals surface area (Å²) in [5.74, 6) is 0.417. The van der Waals surface area contributed by atoms with E-state index in [1.54, 1.807) is 6.20 Å². The summed E-state index contributed by atoms with van der Waals surface area (Å²) in [6.07, 6.45) is 4.80. The fourth-order valence-corrected chi connectivity index (χ4v) is 2.92. The number of aliphatic hydroxyl groups is 1. The summed E-state index contributed by atoms with van der Waals surface area (Å²) in [7, 11) is 0. The van der Waals surface area contributed by atoms with Gasteiger partial charge in [-0.25, -0.2) is 4.98 Å². The average Bonchev–Trinajstić information content (AvgIpc) is 2.77. The molecule has 0 amide bonds. The molecule has 1 aliphatic carbocycles. The van der Waals surface area contributed by atoms with Crippen molar-refractivity contribution in [1.82, 2.24) is 10.3 Å². The first-order valence-electron chi connectivity index (χ1n) is 5.24. The minimum atomic E-state index is -0.114. The van der Waals surface area contributed by atoms with Gasteiger partial charge in [0, 0.05) is 13.1 Å². The Bertz CT molecular complexity index is 318. The summed E-state index contributed by atoms with van der Waals surface area (Å²) < 4.78 is 0.729. The van der Waals surface area contributed by atoms with Crippen LogP contribution in [0.5, 0.6) is 0 Å². The van der Waals surface area contributed by atoms with Crippen LogP contribution < -0.4 is 5.32 Å². The van der Waals surface area contributed by atoms with Crippen LogP contribution in [0.3, 0.4) is 0 Å². The van der Waals surface area contributed by atoms with Crippen LogP contribution in [0.25, 0.3) is 0 Å². The average molecular weight is 247 g/mol. The number of thiazole rings is 1. The first-order chi connectivity index (χ1) is 7.25. The molecule has 3 nitrogen and oxygen atoms in total. The second kappa shape index (κ2) is 5.25. The van der Waals surface area contributed by atoms with Crippen LogP contribution in [-0.2, 0) is 6.54 Å². The Morgan fingerprint density at radius 2 is 2.47 bits per heavy atom. The largest absolute Gasteiger partial charge is 0.393 e. The Morgan fingerprint density at radius 3 is 3.07 bits per heavy atom. The van der Waals surface area contributed by atoms with Crippen molar-refractivity contribution < 1.29 is 5.11 Å². The molecule has 1 aromatic rings. The molecule has 0 aliphatic heterocycles. The first kappa shape index (κ1) is 11.3. The summed E-state index contributed by atoms with van der Waals surface area (Å²) in [4.78, 5) is 4.16. The van der Waals surface area contributed by atoms with E-state index < -0.39 is 0 Å². The van der Waals surface area contributed by atoms with Crippen molar-refractivity contribution in [3.8, 4) is 0 Å². The van der Waals surface area contributed by atoms with E-state index >= 15 is 0 Å². The molecular formula is C10H15ClN2OS. The maximum atomic E-state index is 9.62. The molecule has 2 N–H and O–H groups in total. The number of aliphatic hydroxyl groups excluding tert-OH is 1. The Kier molecular flexibility index (Phi) is 3.97. The maximum absolute atomic E-state index is 9.62. The van der Waals surface area contributed by atoms with Gasteiger partial charge >= 0.3 is 0 Å². The fraction of sp³-hybridized carbons (Fsp3) is 0.700. The summed E-state index contributed by atoms with van der Waals surface area (Å²) in [5, 5.41) is 13.9. The molecule has 0 saturated heterocycles. The van der Waals surface area contributed by atoms with Crippen molar-refractivity contribution >= 4 is 22.9 Å². The number of halogens is 1. The molecule has 1 saturated carbocycles. The number of nitrogens with zero attached hydrogens (tertiary/aromatic N) is 1. The van der Waals surface area contributed by atoms with Crippen LogP contribution in [0.1, 0.15) is 24.3 Å². The lowest BCUT2D eigenvalue weighted by molar-refractivity contribution is 0.131. The molecule has 5 heteroatoms. The van der Waals surface area contributed by atoms with Gasteiger partial charge < -0.3 is 10.4 Å². The highest BCUT2D eigenvalue weighted by atomic mass is 35.5. The maximum Gasteiger partial charge on any atom is 0.113 e. The lowest BCUT2D eigenvalue weighted by Gasteiger charge is -2.14. The Hall–Kier alpha value is -0.160. The quantitative estimate of drug-likeness (QED) is 0.855. The zero-order valence-corrected chi connectivity index (χ0v) is 10.0. The topological polar surface area (TPSA) is 45.1 Å². The standard InChI is InChI=1S/C10H15ClN2OS/c11-9-5-13-10(15-9)6-12-4-7-2-1-3-8(7)14/h5,7-8,12,14H,1-4,6H2. The highest BCUT2D eigenvalue weighted by molar-refractivity contribution is 7.15. The molecule has 0 radical (unpaired) electrons. The second-order valence-electron chi connectivity index (χ2n) is 3.95. The minimum Gasteiger partial charge on any atom is -0.393 e. The van der Waals surface area contributed by atoms with Crippen molar-refractivity contribution in [1.29, 1.82) is 0 Å². The van der Waals surface area contributed by atoms with Gasteiger partial charge in [0.05, 0.1) is 12.3 Å². The second-order valence-corrected chi connectivity index (χ2v) is 5.69. The smallest absolute Gasteiger partial charge is 0.113 e. The molecule has 0 spiro atoms. The third-order valence-corrected chi connectivity index (χ3v) is 3.94. The molecule has 1 aromatic heterocycles. The van der Waals surface area contributed by atoms with E-state index in [0.29, 0.717) is 5.92 Å². The van der Waals surface area contributed by atoms with E-state index in [4.69, 9.17) is 11.6 Å². The molecule has 2 unspecified atom stereocenters. The summed E-state index contributed by atoms with van der Waals surface area (Å²) in [6.45, 7) is 1.62. The van der Waals surface area contributed by atoms with Crippen LogP contribution >= 0.6 is 22.9 Å². The van der Waals surface area contributed by atoms with Crippen molar-refractivity contribution in [3.63, 3.8) is 0 Å². The van der Waals surface area contributed by atoms with Crippen molar-refractivity contribution in [2.75, 3.05) is 6.54 Å². The van der Waals surface area contributed by atoms with Crippen LogP contribution in [0.15, 0.2) is 6.20 Å². The molecule has 1 heterocycles. The van der Waals surface area contributed by atoms with Crippen molar-refractivity contribution in [3.05, 3.63) is 15.5 Å². The van der Waals surface area contributed by atoms with Crippen LogP contribution in [0.4, 0.5) is 0 Å². The highest BCUT2D eigenvalue weighted by Crippen LogP contribution is 2.25. The molecule has 84 valence electrons. The molecular weight excluding hydrogens is 232 g/mol. The molecule has 2 rings (SSSR count). The zero-order valence-electron chi connectivity index (χ0n) is 8.45. The van der Waals surface area contributed by atoms with Crippen LogP contribution in [0.2, 0.25) is 4.34 Å². The number of rotatable bonds is 4. The number of nitrogens with one attached hydrogen (secondary N) is 1. The number of hydrogen-bond acceptors (Lipinski definition) is 4. The lowest BCUT2D eigenvalue weighted by atomic mass is 10.1. The predicted octanol–water partition coefficient (Wildman–Crippen LogP) is 2.05. The monoisotopic (exact) mass is 246 g/mol. The third-order valence-electron chi connectivity index (χ3n) is 2.83. The van der Waals surface area contributed by atoms with Gasteiger partial charge in [-0.3, -0.25) is 0 Å². The SMILES string of the molecule is OC1CCCC1CNCc1ncc(Cl)s1. The number of aromatic nitrogens is 1. The van der Waals surface area contributed by atoms with Gasteiger partial charge in [0.15, 0.2) is 0 Å². The van der Waals surface area contributed by atoms with E-state index in [-0.39, 0.29) is 6.10 Å². The summed E-state index contributed by atoms with van der Waals surface area (Å²) in [6, 6.07) is 0. The van der Waals surface area contributed by atoms with Gasteiger partial charge in [-0.05, 0) is 18.8 Å². The van der Waals surface area contributed by atoms with E-state index in [1.807, 2.05) is 0 Å². The van der Waals surface area contributed by atoms with E-state index in [2.05, 4.69) is 10.3 Å². The third kappa shape index (κ3) is 3.14. The molecule has 1 fully saturated rings. The Balaban J connectivity index is 1.70. The van der Waals surface area contributed by atoms with Gasteiger partial charge in [0.1, 0.15) is 9.34 Å². The van der Waals surface area contributed by atoms with Gasteiger partial charge in [-0.15, -0.1) is 11.3 Å². The molecule has 1 aliphatic rings. The van der Waals surface area contributed by atoms with Crippen LogP contribution in [-0.4, -0.2) is 22.7 Å². The summed E-state index contributed by atoms with van der Waals surface area (Å²) >= 11 is 7.28. The van der Waals surface area contributed by atoms with Crippen molar-refractivity contribution in [2.24, 2.45) is 5.92 Å².